The van der Waals surface area contributed by atoms with Crippen molar-refractivity contribution in [2.24, 2.45) is 11.0 Å². The highest BCUT2D eigenvalue weighted by Gasteiger charge is 2.48. The summed E-state index contributed by atoms with van der Waals surface area (Å²) >= 11 is 0. The minimum Gasteiger partial charge on any atom is -0.490 e. The Morgan fingerprint density at radius 3 is 2.46 bits per heavy atom. The number of benzene rings is 2. The van der Waals surface area contributed by atoms with E-state index in [4.69, 9.17) is 9.15 Å². The highest BCUT2D eigenvalue weighted by Crippen LogP contribution is 2.37. The van der Waals surface area contributed by atoms with E-state index in [1.54, 1.807) is 24.3 Å². The predicted octanol–water partition coefficient (Wildman–Crippen LogP) is 5.40. The molecule has 2 aromatic carbocycles. The number of anilines is 2. The smallest absolute Gasteiger partial charge is 0.431 e. The first-order valence-electron chi connectivity index (χ1n) is 12.1. The van der Waals surface area contributed by atoms with Gasteiger partial charge in [0.15, 0.2) is 11.5 Å². The fourth-order valence-corrected chi connectivity index (χ4v) is 5.01. The maximum atomic E-state index is 13.4. The van der Waals surface area contributed by atoms with Gasteiger partial charge in [0.1, 0.15) is 23.1 Å². The zero-order valence-corrected chi connectivity index (χ0v) is 20.4. The highest BCUT2D eigenvalue weighted by molar-refractivity contribution is 5.96. The number of alkyl halides is 3. The maximum Gasteiger partial charge on any atom is 0.431 e. The SMILES string of the molecule is Cc1nc2ccc(N3CCC(Oc4ccc(N5N=C(C(F)(F)F)C(C)[C@@H]5CC(=O)O)cc4)CC3)cc2o1. The molecule has 3 aromatic rings. The van der Waals surface area contributed by atoms with Gasteiger partial charge in [0.2, 0.25) is 0 Å². The van der Waals surface area contributed by atoms with E-state index in [9.17, 15) is 23.1 Å². The number of hydrazone groups is 1. The summed E-state index contributed by atoms with van der Waals surface area (Å²) in [5.41, 5.74) is 2.08. The first-order valence-corrected chi connectivity index (χ1v) is 12.1. The quantitative estimate of drug-likeness (QED) is 0.469. The lowest BCUT2D eigenvalue weighted by molar-refractivity contribution is -0.137. The van der Waals surface area contributed by atoms with Crippen LogP contribution in [0.3, 0.4) is 0 Å². The van der Waals surface area contributed by atoms with Crippen molar-refractivity contribution < 1.29 is 32.2 Å². The molecule has 196 valence electrons. The molecule has 37 heavy (non-hydrogen) atoms. The Bertz CT molecular complexity index is 1310. The van der Waals surface area contributed by atoms with E-state index >= 15 is 0 Å². The Kier molecular flexibility index (Phi) is 6.47. The number of aromatic nitrogens is 1. The van der Waals surface area contributed by atoms with Crippen molar-refractivity contribution in [1.29, 1.82) is 0 Å². The predicted molar refractivity (Wildman–Crippen MR) is 132 cm³/mol. The number of nitrogens with zero attached hydrogens (tertiary/aromatic N) is 4. The summed E-state index contributed by atoms with van der Waals surface area (Å²) in [5, 5.41) is 14.1. The van der Waals surface area contributed by atoms with Crippen LogP contribution >= 0.6 is 0 Å². The Hall–Kier alpha value is -3.76. The zero-order valence-electron chi connectivity index (χ0n) is 20.4. The molecule has 5 rings (SSSR count). The van der Waals surface area contributed by atoms with Crippen LogP contribution in [0.2, 0.25) is 0 Å². The van der Waals surface area contributed by atoms with E-state index in [0.29, 0.717) is 17.3 Å². The largest absolute Gasteiger partial charge is 0.490 e. The highest BCUT2D eigenvalue weighted by atomic mass is 19.4. The first-order chi connectivity index (χ1) is 17.6. The molecule has 8 nitrogen and oxygen atoms in total. The van der Waals surface area contributed by atoms with Gasteiger partial charge in [0.25, 0.3) is 0 Å². The summed E-state index contributed by atoms with van der Waals surface area (Å²) in [6.07, 6.45) is -3.47. The molecule has 0 radical (unpaired) electrons. The molecule has 2 aliphatic heterocycles. The van der Waals surface area contributed by atoms with Crippen LogP contribution in [0.15, 0.2) is 52.0 Å². The van der Waals surface area contributed by atoms with E-state index in [0.717, 1.165) is 47.7 Å². The molecule has 0 bridgehead atoms. The number of carboxylic acid groups (broad SMARTS) is 1. The van der Waals surface area contributed by atoms with Crippen LogP contribution in [0.1, 0.15) is 32.1 Å². The first kappa shape index (κ1) is 24.9. The van der Waals surface area contributed by atoms with Crippen LogP contribution in [0.5, 0.6) is 5.75 Å². The summed E-state index contributed by atoms with van der Waals surface area (Å²) in [4.78, 5) is 17.9. The molecule has 1 saturated heterocycles. The molecule has 1 N–H and O–H groups in total. The number of hydrogen-bond acceptors (Lipinski definition) is 7. The van der Waals surface area contributed by atoms with Crippen LogP contribution in [-0.2, 0) is 4.79 Å². The number of fused-ring (bicyclic) bond motifs is 1. The third-order valence-corrected chi connectivity index (χ3v) is 6.90. The van der Waals surface area contributed by atoms with Gasteiger partial charge >= 0.3 is 12.1 Å². The molecule has 0 aliphatic carbocycles. The molecule has 2 atom stereocenters. The van der Waals surface area contributed by atoms with Gasteiger partial charge in [0, 0.05) is 50.5 Å². The number of halogens is 3. The third-order valence-electron chi connectivity index (χ3n) is 6.90. The minimum absolute atomic E-state index is 0.000208. The standard InChI is InChI=1S/C26H27F3N4O4/c1-15-22(14-24(34)35)33(31-25(15)26(27,28)29)17-3-6-19(7-4-17)37-20-9-11-32(12-10-20)18-5-8-21-23(13-18)36-16(2)30-21/h3-8,13,15,20,22H,9-12,14H2,1-2H3,(H,34,35)/t15?,22-/m0/s1. The number of rotatable bonds is 6. The van der Waals surface area contributed by atoms with Gasteiger partial charge < -0.3 is 19.2 Å². The van der Waals surface area contributed by atoms with Crippen LogP contribution in [0.25, 0.3) is 11.1 Å². The summed E-state index contributed by atoms with van der Waals surface area (Å²) in [5.74, 6) is -1.01. The minimum atomic E-state index is -4.62. The van der Waals surface area contributed by atoms with Crippen molar-refractivity contribution in [3.63, 3.8) is 0 Å². The topological polar surface area (TPSA) is 91.4 Å². The molecule has 2 aliphatic rings. The summed E-state index contributed by atoms with van der Waals surface area (Å²) in [7, 11) is 0. The van der Waals surface area contributed by atoms with Crippen molar-refractivity contribution >= 4 is 34.2 Å². The van der Waals surface area contributed by atoms with E-state index in [2.05, 4.69) is 15.0 Å². The number of carboxylic acids is 1. The lowest BCUT2D eigenvalue weighted by atomic mass is 9.94. The van der Waals surface area contributed by atoms with Crippen LogP contribution in [0, 0.1) is 12.8 Å². The number of hydrogen-bond donors (Lipinski definition) is 1. The Morgan fingerprint density at radius 1 is 1.14 bits per heavy atom. The molecule has 1 fully saturated rings. The average molecular weight is 517 g/mol. The van der Waals surface area contributed by atoms with Crippen molar-refractivity contribution in [1.82, 2.24) is 4.98 Å². The molecule has 0 spiro atoms. The van der Waals surface area contributed by atoms with Gasteiger partial charge in [-0.15, -0.1) is 0 Å². The number of ether oxygens (including phenoxy) is 1. The summed E-state index contributed by atoms with van der Waals surface area (Å²) in [6, 6.07) is 11.7. The molecule has 0 amide bonds. The molecule has 1 unspecified atom stereocenters. The molecule has 11 heteroatoms. The second-order valence-electron chi connectivity index (χ2n) is 9.46. The Morgan fingerprint density at radius 2 is 1.81 bits per heavy atom. The van der Waals surface area contributed by atoms with Crippen molar-refractivity contribution in [2.75, 3.05) is 23.0 Å². The molecule has 0 saturated carbocycles. The van der Waals surface area contributed by atoms with E-state index < -0.39 is 36.2 Å². The van der Waals surface area contributed by atoms with Gasteiger partial charge in [-0.05, 0) is 36.4 Å². The maximum absolute atomic E-state index is 13.4. The van der Waals surface area contributed by atoms with Crippen LogP contribution in [-0.4, -0.2) is 53.2 Å². The fourth-order valence-electron chi connectivity index (χ4n) is 5.01. The van der Waals surface area contributed by atoms with E-state index in [-0.39, 0.29) is 6.10 Å². The molecular weight excluding hydrogens is 489 g/mol. The van der Waals surface area contributed by atoms with Gasteiger partial charge in [-0.25, -0.2) is 4.98 Å². The fraction of sp³-hybridized carbons (Fsp3) is 0.423. The van der Waals surface area contributed by atoms with Crippen LogP contribution in [0.4, 0.5) is 24.5 Å². The van der Waals surface area contributed by atoms with Crippen LogP contribution < -0.4 is 14.6 Å². The van der Waals surface area contributed by atoms with Gasteiger partial charge in [0.05, 0.1) is 18.2 Å². The van der Waals surface area contributed by atoms with Crippen molar-refractivity contribution in [3.05, 3.63) is 48.4 Å². The number of carbonyl (C=O) groups is 1. The monoisotopic (exact) mass is 516 g/mol. The van der Waals surface area contributed by atoms with Gasteiger partial charge in [-0.1, -0.05) is 6.92 Å². The third kappa shape index (κ3) is 5.21. The Labute approximate surface area is 211 Å². The zero-order chi connectivity index (χ0) is 26.3. The lowest BCUT2D eigenvalue weighted by Crippen LogP contribution is -2.38. The second-order valence-corrected chi connectivity index (χ2v) is 9.46. The summed E-state index contributed by atoms with van der Waals surface area (Å²) < 4.78 is 52.0. The normalized spacial score (nSPS) is 20.9. The van der Waals surface area contributed by atoms with Crippen molar-refractivity contribution in [3.8, 4) is 5.75 Å². The molecule has 1 aromatic heterocycles. The number of oxazole rings is 1. The molecular formula is C26H27F3N4O4. The van der Waals surface area contributed by atoms with E-state index in [1.165, 1.54) is 6.92 Å². The lowest BCUT2D eigenvalue weighted by Gasteiger charge is -2.33. The summed E-state index contributed by atoms with van der Waals surface area (Å²) in [6.45, 7) is 4.79. The van der Waals surface area contributed by atoms with Crippen molar-refractivity contribution in [2.45, 2.75) is 51.4 Å². The van der Waals surface area contributed by atoms with Gasteiger partial charge in [-0.2, -0.15) is 18.3 Å². The average Bonchev–Trinajstić information content (AvgIpc) is 3.38. The second kappa shape index (κ2) is 9.60. The van der Waals surface area contributed by atoms with Gasteiger partial charge in [-0.3, -0.25) is 9.80 Å². The van der Waals surface area contributed by atoms with E-state index in [1.807, 2.05) is 25.1 Å². The molecule has 3 heterocycles. The number of aliphatic carboxylic acids is 1. The number of piperidine rings is 1. The number of aryl methyl sites for hydroxylation is 1. The Balaban J connectivity index is 1.22.